The maximum absolute atomic E-state index is 11.9. The molecule has 23 heavy (non-hydrogen) atoms. The number of carbonyl (C=O) groups excluding carboxylic acids is 1. The molecule has 0 spiro atoms. The molecule has 5 nitrogen and oxygen atoms in total. The predicted molar refractivity (Wildman–Crippen MR) is 93.0 cm³/mol. The van der Waals surface area contributed by atoms with Gasteiger partial charge in [0.1, 0.15) is 11.4 Å². The molecule has 0 saturated carbocycles. The van der Waals surface area contributed by atoms with Crippen molar-refractivity contribution < 1.29 is 14.3 Å². The van der Waals surface area contributed by atoms with Gasteiger partial charge in [0, 0.05) is 26.2 Å². The molecule has 1 amide bonds. The summed E-state index contributed by atoms with van der Waals surface area (Å²) >= 11 is 0. The van der Waals surface area contributed by atoms with E-state index in [1.807, 2.05) is 39.0 Å². The third kappa shape index (κ3) is 7.37. The van der Waals surface area contributed by atoms with Crippen molar-refractivity contribution in [1.82, 2.24) is 10.2 Å². The highest BCUT2D eigenvalue weighted by Gasteiger charge is 2.19. The Morgan fingerprint density at radius 3 is 2.57 bits per heavy atom. The van der Waals surface area contributed by atoms with E-state index in [0.717, 1.165) is 12.2 Å². The number of carbonyl (C=O) groups is 1. The molecule has 1 rings (SSSR count). The number of hydrogen-bond acceptors (Lipinski definition) is 4. The molecular weight excluding hydrogens is 292 g/mol. The fourth-order valence-electron chi connectivity index (χ4n) is 2.18. The maximum Gasteiger partial charge on any atom is 0.410 e. The lowest BCUT2D eigenvalue weighted by atomic mass is 10.1. The molecule has 0 bridgehead atoms. The average molecular weight is 322 g/mol. The Morgan fingerprint density at radius 2 is 1.96 bits per heavy atom. The normalized spacial score (nSPS) is 12.6. The van der Waals surface area contributed by atoms with Gasteiger partial charge in [-0.15, -0.1) is 0 Å². The summed E-state index contributed by atoms with van der Waals surface area (Å²) in [6.45, 7) is 9.04. The van der Waals surface area contributed by atoms with Gasteiger partial charge >= 0.3 is 6.09 Å². The largest absolute Gasteiger partial charge is 0.496 e. The van der Waals surface area contributed by atoms with Gasteiger partial charge in [0.15, 0.2) is 0 Å². The quantitative estimate of drug-likeness (QED) is 0.838. The number of nitrogens with zero attached hydrogens (tertiary/aromatic N) is 1. The summed E-state index contributed by atoms with van der Waals surface area (Å²) in [5, 5.41) is 3.43. The van der Waals surface area contributed by atoms with Crippen LogP contribution in [0.15, 0.2) is 24.3 Å². The fraction of sp³-hybridized carbons (Fsp3) is 0.611. The van der Waals surface area contributed by atoms with Crippen LogP contribution in [-0.2, 0) is 11.2 Å². The first kappa shape index (κ1) is 19.3. The second-order valence-corrected chi connectivity index (χ2v) is 6.77. The molecule has 0 fully saturated rings. The van der Waals surface area contributed by atoms with E-state index in [2.05, 4.69) is 18.3 Å². The monoisotopic (exact) mass is 322 g/mol. The minimum atomic E-state index is -0.462. The average Bonchev–Trinajstić information content (AvgIpc) is 2.45. The van der Waals surface area contributed by atoms with Gasteiger partial charge in [-0.3, -0.25) is 0 Å². The summed E-state index contributed by atoms with van der Waals surface area (Å²) in [5.41, 5.74) is 0.714. The standard InChI is InChI=1S/C18H30N2O3/c1-14(13-15-9-7-8-10-16(15)22-6)19-11-12-20(5)17(21)23-18(2,3)4/h7-10,14,19H,11-13H2,1-6H3. The molecule has 0 radical (unpaired) electrons. The van der Waals surface area contributed by atoms with Gasteiger partial charge in [-0.25, -0.2) is 4.79 Å². The number of para-hydroxylation sites is 1. The van der Waals surface area contributed by atoms with Gasteiger partial charge in [0.05, 0.1) is 7.11 Å². The molecule has 1 unspecified atom stereocenters. The van der Waals surface area contributed by atoms with Crippen molar-refractivity contribution in [3.8, 4) is 5.75 Å². The van der Waals surface area contributed by atoms with Crippen LogP contribution in [0.5, 0.6) is 5.75 Å². The molecule has 1 aromatic rings. The van der Waals surface area contributed by atoms with E-state index in [0.29, 0.717) is 19.1 Å². The van der Waals surface area contributed by atoms with Crippen LogP contribution in [0.25, 0.3) is 0 Å². The smallest absolute Gasteiger partial charge is 0.410 e. The fourth-order valence-corrected chi connectivity index (χ4v) is 2.18. The molecule has 0 aliphatic heterocycles. The summed E-state index contributed by atoms with van der Waals surface area (Å²) in [4.78, 5) is 13.5. The van der Waals surface area contributed by atoms with Crippen LogP contribution in [0.3, 0.4) is 0 Å². The number of hydrogen-bond donors (Lipinski definition) is 1. The zero-order valence-corrected chi connectivity index (χ0v) is 15.2. The second kappa shape index (κ2) is 8.77. The molecule has 0 saturated heterocycles. The van der Waals surface area contributed by atoms with Crippen molar-refractivity contribution in [3.63, 3.8) is 0 Å². The van der Waals surface area contributed by atoms with E-state index in [4.69, 9.17) is 9.47 Å². The van der Waals surface area contributed by atoms with Crippen molar-refractivity contribution in [3.05, 3.63) is 29.8 Å². The summed E-state index contributed by atoms with van der Waals surface area (Å²) < 4.78 is 10.7. The maximum atomic E-state index is 11.9. The van der Waals surface area contributed by atoms with E-state index >= 15 is 0 Å². The lowest BCUT2D eigenvalue weighted by molar-refractivity contribution is 0.0299. The van der Waals surface area contributed by atoms with Gasteiger partial charge in [-0.2, -0.15) is 0 Å². The van der Waals surface area contributed by atoms with Crippen molar-refractivity contribution in [2.24, 2.45) is 0 Å². The molecule has 1 N–H and O–H groups in total. The third-order valence-corrected chi connectivity index (χ3v) is 3.36. The minimum absolute atomic E-state index is 0.290. The first-order valence-electron chi connectivity index (χ1n) is 8.02. The van der Waals surface area contributed by atoms with E-state index in [9.17, 15) is 4.79 Å². The SMILES string of the molecule is COc1ccccc1CC(C)NCCN(C)C(=O)OC(C)(C)C. The van der Waals surface area contributed by atoms with Gasteiger partial charge in [-0.1, -0.05) is 18.2 Å². The molecule has 0 aliphatic rings. The molecular formula is C18H30N2O3. The Labute approximate surface area is 140 Å². The van der Waals surface area contributed by atoms with Crippen molar-refractivity contribution in [2.75, 3.05) is 27.2 Å². The van der Waals surface area contributed by atoms with Crippen LogP contribution < -0.4 is 10.1 Å². The van der Waals surface area contributed by atoms with Crippen LogP contribution in [0.2, 0.25) is 0 Å². The van der Waals surface area contributed by atoms with Crippen molar-refractivity contribution in [1.29, 1.82) is 0 Å². The number of methoxy groups -OCH3 is 1. The number of likely N-dealkylation sites (N-methyl/N-ethyl adjacent to an activating group) is 1. The van der Waals surface area contributed by atoms with Crippen molar-refractivity contribution >= 4 is 6.09 Å². The highest BCUT2D eigenvalue weighted by Crippen LogP contribution is 2.18. The summed E-state index contributed by atoms with van der Waals surface area (Å²) in [6, 6.07) is 8.32. The van der Waals surface area contributed by atoms with E-state index in [1.165, 1.54) is 5.56 Å². The molecule has 5 heteroatoms. The highest BCUT2D eigenvalue weighted by atomic mass is 16.6. The highest BCUT2D eigenvalue weighted by molar-refractivity contribution is 5.67. The number of amides is 1. The molecule has 0 heterocycles. The summed E-state index contributed by atoms with van der Waals surface area (Å²) in [5.74, 6) is 0.909. The molecule has 1 atom stereocenters. The van der Waals surface area contributed by atoms with E-state index in [-0.39, 0.29) is 6.09 Å². The predicted octanol–water partition coefficient (Wildman–Crippen LogP) is 3.08. The second-order valence-electron chi connectivity index (χ2n) is 6.77. The van der Waals surface area contributed by atoms with Crippen LogP contribution in [0.1, 0.15) is 33.3 Å². The van der Waals surface area contributed by atoms with Gasteiger partial charge < -0.3 is 19.7 Å². The minimum Gasteiger partial charge on any atom is -0.496 e. The number of ether oxygens (including phenoxy) is 2. The van der Waals surface area contributed by atoms with Gasteiger partial charge in [0.25, 0.3) is 0 Å². The number of nitrogens with one attached hydrogen (secondary N) is 1. The number of benzene rings is 1. The van der Waals surface area contributed by atoms with Crippen LogP contribution in [0, 0.1) is 0 Å². The Hall–Kier alpha value is -1.75. The van der Waals surface area contributed by atoms with Gasteiger partial charge in [0.2, 0.25) is 0 Å². The number of rotatable bonds is 7. The Kier molecular flexibility index (Phi) is 7.36. The molecule has 0 aromatic heterocycles. The summed E-state index contributed by atoms with van der Waals surface area (Å²) in [6.07, 6.45) is 0.580. The molecule has 1 aromatic carbocycles. The van der Waals surface area contributed by atoms with Crippen LogP contribution >= 0.6 is 0 Å². The van der Waals surface area contributed by atoms with Gasteiger partial charge in [-0.05, 0) is 45.7 Å². The first-order valence-corrected chi connectivity index (χ1v) is 8.02. The van der Waals surface area contributed by atoms with Crippen LogP contribution in [-0.4, -0.2) is 49.9 Å². The van der Waals surface area contributed by atoms with Crippen LogP contribution in [0.4, 0.5) is 4.79 Å². The zero-order valence-electron chi connectivity index (χ0n) is 15.2. The van der Waals surface area contributed by atoms with E-state index in [1.54, 1.807) is 19.1 Å². The zero-order chi connectivity index (χ0) is 17.5. The summed E-state index contributed by atoms with van der Waals surface area (Å²) in [7, 11) is 3.44. The molecule has 130 valence electrons. The Bertz CT molecular complexity index is 497. The third-order valence-electron chi connectivity index (χ3n) is 3.36. The molecule has 0 aliphatic carbocycles. The lowest BCUT2D eigenvalue weighted by Gasteiger charge is -2.25. The van der Waals surface area contributed by atoms with E-state index < -0.39 is 5.60 Å². The Balaban J connectivity index is 2.36. The topological polar surface area (TPSA) is 50.8 Å². The Morgan fingerprint density at radius 1 is 1.30 bits per heavy atom. The first-order chi connectivity index (χ1) is 10.7. The van der Waals surface area contributed by atoms with Crippen molar-refractivity contribution in [2.45, 2.75) is 45.8 Å². The lowest BCUT2D eigenvalue weighted by Crippen LogP contribution is -2.40.